The zero-order valence-electron chi connectivity index (χ0n) is 16.6. The zero-order chi connectivity index (χ0) is 20.2. The number of rotatable bonds is 2. The Kier molecular flexibility index (Phi) is 3.79. The summed E-state index contributed by atoms with van der Waals surface area (Å²) in [6.07, 6.45) is 2.52. The molecular weight excluding hydrogens is 348 g/mol. The van der Waals surface area contributed by atoms with E-state index in [4.69, 9.17) is 4.74 Å². The molecule has 2 fully saturated rings. The van der Waals surface area contributed by atoms with Crippen molar-refractivity contribution in [1.29, 1.82) is 0 Å². The summed E-state index contributed by atoms with van der Waals surface area (Å²) >= 11 is 0. The van der Waals surface area contributed by atoms with Crippen LogP contribution in [-0.2, 0) is 9.53 Å². The van der Waals surface area contributed by atoms with E-state index in [9.17, 15) is 25.2 Å². The Hall–Kier alpha value is -1.05. The Balaban J connectivity index is 1.96. The van der Waals surface area contributed by atoms with Crippen molar-refractivity contribution in [3.8, 4) is 0 Å². The Morgan fingerprint density at radius 3 is 2.44 bits per heavy atom. The highest BCUT2D eigenvalue weighted by atomic mass is 16.5. The van der Waals surface area contributed by atoms with E-state index in [1.54, 1.807) is 27.0 Å². The van der Waals surface area contributed by atoms with Crippen molar-refractivity contribution in [2.75, 3.05) is 13.7 Å². The number of fused-ring (bicyclic) bond motifs is 5. The van der Waals surface area contributed by atoms with Crippen molar-refractivity contribution >= 4 is 5.78 Å². The predicted molar refractivity (Wildman–Crippen MR) is 97.6 cm³/mol. The second-order valence-corrected chi connectivity index (χ2v) is 9.58. The third-order valence-electron chi connectivity index (χ3n) is 8.33. The SMILES string of the molecule is CO[C@@]12[C@H](O)[C@@H](C)[C@@]3(O)[C@@H](C=C(CO)C[C@]4(O)C(=O)C(C)=C[C@@H]34)[C@H]1C2(C)C. The molecule has 0 spiro atoms. The van der Waals surface area contributed by atoms with Crippen LogP contribution in [0.15, 0.2) is 23.3 Å². The second-order valence-electron chi connectivity index (χ2n) is 9.58. The summed E-state index contributed by atoms with van der Waals surface area (Å²) in [5.41, 5.74) is -3.58. The fourth-order valence-corrected chi connectivity index (χ4v) is 6.92. The number of aliphatic hydroxyl groups excluding tert-OH is 2. The summed E-state index contributed by atoms with van der Waals surface area (Å²) in [6, 6.07) is 0. The van der Waals surface area contributed by atoms with Crippen molar-refractivity contribution in [3.05, 3.63) is 23.3 Å². The Labute approximate surface area is 159 Å². The molecule has 0 aliphatic heterocycles. The van der Waals surface area contributed by atoms with Crippen LogP contribution in [-0.4, -0.2) is 62.8 Å². The third-order valence-corrected chi connectivity index (χ3v) is 8.33. The number of methoxy groups -OCH3 is 1. The van der Waals surface area contributed by atoms with E-state index in [0.717, 1.165) is 0 Å². The smallest absolute Gasteiger partial charge is 0.190 e. The van der Waals surface area contributed by atoms with E-state index in [1.807, 2.05) is 19.9 Å². The molecule has 0 aromatic rings. The van der Waals surface area contributed by atoms with Gasteiger partial charge in [-0.25, -0.2) is 0 Å². The van der Waals surface area contributed by atoms with E-state index in [1.165, 1.54) is 0 Å². The minimum absolute atomic E-state index is 0.0183. The summed E-state index contributed by atoms with van der Waals surface area (Å²) in [4.78, 5) is 12.8. The Bertz CT molecular complexity index is 769. The number of aliphatic hydroxyl groups is 4. The number of hydrogen-bond donors (Lipinski definition) is 4. The fourth-order valence-electron chi connectivity index (χ4n) is 6.92. The molecule has 0 aromatic heterocycles. The lowest BCUT2D eigenvalue weighted by Crippen LogP contribution is -2.65. The first-order chi connectivity index (χ1) is 12.4. The van der Waals surface area contributed by atoms with Gasteiger partial charge >= 0.3 is 0 Å². The van der Waals surface area contributed by atoms with E-state index in [0.29, 0.717) is 11.1 Å². The average Bonchev–Trinajstić information content (AvgIpc) is 3.08. The van der Waals surface area contributed by atoms with Crippen LogP contribution in [0.25, 0.3) is 0 Å². The molecule has 8 atom stereocenters. The largest absolute Gasteiger partial charge is 0.392 e. The quantitative estimate of drug-likeness (QED) is 0.524. The number of hydrogen-bond acceptors (Lipinski definition) is 6. The molecule has 4 N–H and O–H groups in total. The number of ether oxygens (including phenoxy) is 1. The van der Waals surface area contributed by atoms with Gasteiger partial charge in [-0.3, -0.25) is 4.79 Å². The molecule has 0 unspecified atom stereocenters. The van der Waals surface area contributed by atoms with Crippen molar-refractivity contribution in [1.82, 2.24) is 0 Å². The lowest BCUT2D eigenvalue weighted by Gasteiger charge is -2.52. The molecule has 0 saturated heterocycles. The van der Waals surface area contributed by atoms with Crippen molar-refractivity contribution in [2.24, 2.45) is 29.1 Å². The molecule has 0 aromatic carbocycles. The molecule has 2 saturated carbocycles. The molecule has 4 aliphatic rings. The maximum Gasteiger partial charge on any atom is 0.190 e. The van der Waals surface area contributed by atoms with Crippen molar-refractivity contribution < 1.29 is 30.0 Å². The second kappa shape index (κ2) is 5.30. The normalized spacial score (nSPS) is 52.9. The van der Waals surface area contributed by atoms with Gasteiger partial charge in [-0.15, -0.1) is 0 Å². The van der Waals surface area contributed by atoms with Crippen LogP contribution >= 0.6 is 0 Å². The van der Waals surface area contributed by atoms with Crippen LogP contribution < -0.4 is 0 Å². The standard InChI is InChI=1S/C21H30O6/c1-10-6-14-19(25,16(10)23)8-12(9-22)7-13-15-18(3,4)21(15,27-5)17(24)11(2)20(13,14)26/h6-7,11,13-15,17,22,24-26H,8-9H2,1-5H3/t11-,13+,14-,15+,17-,19-,20-,21-/m1/s1. The molecule has 0 heterocycles. The number of ketones is 1. The Morgan fingerprint density at radius 2 is 1.89 bits per heavy atom. The molecular formula is C21H30O6. The molecule has 4 aliphatic carbocycles. The number of carbonyl (C=O) groups excluding carboxylic acids is 1. The summed E-state index contributed by atoms with van der Waals surface area (Å²) in [5.74, 6) is -2.55. The van der Waals surface area contributed by atoms with Crippen molar-refractivity contribution in [2.45, 2.75) is 57.0 Å². The minimum Gasteiger partial charge on any atom is -0.392 e. The van der Waals surface area contributed by atoms with Gasteiger partial charge in [0.25, 0.3) is 0 Å². The first kappa shape index (κ1) is 19.3. The average molecular weight is 378 g/mol. The van der Waals surface area contributed by atoms with Crippen LogP contribution in [0.4, 0.5) is 0 Å². The molecule has 4 rings (SSSR count). The predicted octanol–water partition coefficient (Wildman–Crippen LogP) is 0.584. The maximum atomic E-state index is 12.8. The summed E-state index contributed by atoms with van der Waals surface area (Å²) in [6.45, 7) is 7.12. The summed E-state index contributed by atoms with van der Waals surface area (Å²) in [5, 5.41) is 44.5. The highest BCUT2D eigenvalue weighted by Gasteiger charge is 2.85. The first-order valence-electron chi connectivity index (χ1n) is 9.66. The molecule has 27 heavy (non-hydrogen) atoms. The molecule has 0 bridgehead atoms. The van der Waals surface area contributed by atoms with Crippen LogP contribution in [0, 0.1) is 29.1 Å². The lowest BCUT2D eigenvalue weighted by atomic mass is 9.59. The van der Waals surface area contributed by atoms with Gasteiger partial charge in [-0.1, -0.05) is 32.9 Å². The summed E-state index contributed by atoms with van der Waals surface area (Å²) < 4.78 is 5.84. The highest BCUT2D eigenvalue weighted by Crippen LogP contribution is 2.76. The molecule has 6 nitrogen and oxygen atoms in total. The number of carbonyl (C=O) groups is 1. The minimum atomic E-state index is -1.80. The molecule has 0 radical (unpaired) electrons. The van der Waals surface area contributed by atoms with Gasteiger partial charge in [0, 0.05) is 42.6 Å². The molecule has 0 amide bonds. The van der Waals surface area contributed by atoms with Gasteiger partial charge in [-0.2, -0.15) is 0 Å². The molecule has 150 valence electrons. The molecule has 6 heteroatoms. The highest BCUT2D eigenvalue weighted by molar-refractivity contribution is 6.04. The third kappa shape index (κ3) is 1.86. The van der Waals surface area contributed by atoms with Crippen LogP contribution in [0.3, 0.4) is 0 Å². The van der Waals surface area contributed by atoms with Gasteiger partial charge in [0.05, 0.1) is 18.3 Å². The topological polar surface area (TPSA) is 107 Å². The van der Waals surface area contributed by atoms with Gasteiger partial charge < -0.3 is 25.2 Å². The first-order valence-corrected chi connectivity index (χ1v) is 9.66. The van der Waals surface area contributed by atoms with Gasteiger partial charge in [0.15, 0.2) is 5.78 Å². The number of Topliss-reactive ketones (excluding diaryl/α,β-unsaturated/α-hetero) is 1. The lowest BCUT2D eigenvalue weighted by molar-refractivity contribution is -0.214. The van der Waals surface area contributed by atoms with Crippen LogP contribution in [0.5, 0.6) is 0 Å². The van der Waals surface area contributed by atoms with Crippen LogP contribution in [0.2, 0.25) is 0 Å². The van der Waals surface area contributed by atoms with Gasteiger partial charge in [0.1, 0.15) is 11.2 Å². The van der Waals surface area contributed by atoms with E-state index < -0.39 is 51.9 Å². The van der Waals surface area contributed by atoms with Gasteiger partial charge in [-0.05, 0) is 18.1 Å². The summed E-state index contributed by atoms with van der Waals surface area (Å²) in [7, 11) is 1.58. The van der Waals surface area contributed by atoms with Crippen molar-refractivity contribution in [3.63, 3.8) is 0 Å². The van der Waals surface area contributed by atoms with E-state index >= 15 is 0 Å². The van der Waals surface area contributed by atoms with E-state index in [-0.39, 0.29) is 18.9 Å². The monoisotopic (exact) mass is 378 g/mol. The Morgan fingerprint density at radius 1 is 1.26 bits per heavy atom. The maximum absolute atomic E-state index is 12.8. The van der Waals surface area contributed by atoms with Crippen LogP contribution in [0.1, 0.15) is 34.1 Å². The van der Waals surface area contributed by atoms with Gasteiger partial charge in [0.2, 0.25) is 0 Å². The fraction of sp³-hybridized carbons (Fsp3) is 0.762. The van der Waals surface area contributed by atoms with E-state index in [2.05, 4.69) is 0 Å². The zero-order valence-corrected chi connectivity index (χ0v) is 16.6.